The van der Waals surface area contributed by atoms with Crippen LogP contribution in [0.5, 0.6) is 0 Å². The minimum absolute atomic E-state index is 0.198. The van der Waals surface area contributed by atoms with Gasteiger partial charge in [-0.2, -0.15) is 0 Å². The average molecular weight is 385 g/mol. The van der Waals surface area contributed by atoms with Gasteiger partial charge in [-0.1, -0.05) is 0 Å². The van der Waals surface area contributed by atoms with E-state index in [2.05, 4.69) is 24.6 Å². The standard InChI is InChI=1S/C4H9.Hg.HI/c1-3-4-2;;/h1,3-4H2,2H3;;1H/q;+1;/p-1. The van der Waals surface area contributed by atoms with Crippen LogP contribution in [0.1, 0.15) is 19.8 Å². The second kappa shape index (κ2) is 6.67. The quantitative estimate of drug-likeness (QED) is 0.399. The molecule has 0 aliphatic carbocycles. The Hall–Kier alpha value is 1.67. The second-order valence-electron chi connectivity index (χ2n) is 1.40. The Balaban J connectivity index is 2.34. The van der Waals surface area contributed by atoms with Crippen molar-refractivity contribution in [2.75, 3.05) is 0 Å². The molecule has 0 unspecified atom stereocenters. The van der Waals surface area contributed by atoms with Crippen LogP contribution < -0.4 is 0 Å². The Labute approximate surface area is 60.9 Å². The van der Waals surface area contributed by atoms with Gasteiger partial charge in [0.2, 0.25) is 0 Å². The van der Waals surface area contributed by atoms with Crippen LogP contribution in [0.2, 0.25) is 3.93 Å². The fourth-order valence-electron chi connectivity index (χ4n) is 0.344. The molecule has 0 spiro atoms. The van der Waals surface area contributed by atoms with Gasteiger partial charge in [-0.05, 0) is 0 Å². The van der Waals surface area contributed by atoms with Crippen molar-refractivity contribution in [2.24, 2.45) is 0 Å². The van der Waals surface area contributed by atoms with Crippen LogP contribution in [-0.2, 0) is 20.2 Å². The summed E-state index contributed by atoms with van der Waals surface area (Å²) in [6.07, 6.45) is 2.91. The van der Waals surface area contributed by atoms with E-state index in [9.17, 15) is 0 Å². The molecule has 0 radical (unpaired) electrons. The molecule has 0 amide bonds. The van der Waals surface area contributed by atoms with Crippen molar-refractivity contribution in [2.45, 2.75) is 23.7 Å². The van der Waals surface area contributed by atoms with Gasteiger partial charge in [-0.15, -0.1) is 0 Å². The molecule has 0 atom stereocenters. The Kier molecular flexibility index (Phi) is 8.51. The monoisotopic (exact) mass is 386 g/mol. The predicted molar refractivity (Wildman–Crippen MR) is 33.7 cm³/mol. The summed E-state index contributed by atoms with van der Waals surface area (Å²) in [7, 11) is 0. The number of hydrogen-bond acceptors (Lipinski definition) is 0. The van der Waals surface area contributed by atoms with E-state index in [4.69, 9.17) is 0 Å². The number of rotatable bonds is 3. The van der Waals surface area contributed by atoms with E-state index in [1.807, 2.05) is 0 Å². The summed E-state index contributed by atoms with van der Waals surface area (Å²) < 4.78 is 1.62. The van der Waals surface area contributed by atoms with Crippen LogP contribution >= 0.6 is 17.7 Å². The molecule has 0 aromatic heterocycles. The van der Waals surface area contributed by atoms with Crippen LogP contribution in [0.15, 0.2) is 0 Å². The molecule has 2 heteroatoms. The molecule has 34 valence electrons. The van der Waals surface area contributed by atoms with Crippen LogP contribution in [0.4, 0.5) is 0 Å². The third-order valence-corrected chi connectivity index (χ3v) is 10.4. The van der Waals surface area contributed by atoms with Gasteiger partial charge in [0.1, 0.15) is 0 Å². The number of unbranched alkanes of at least 4 members (excludes halogenated alkanes) is 1. The second-order valence-corrected chi connectivity index (χ2v) is 15.1. The first-order chi connectivity index (χ1) is 2.91. The van der Waals surface area contributed by atoms with E-state index in [0.717, 1.165) is 0 Å². The van der Waals surface area contributed by atoms with Crippen molar-refractivity contribution < 1.29 is 20.2 Å². The molecule has 0 N–H and O–H groups in total. The van der Waals surface area contributed by atoms with Gasteiger partial charge in [0, 0.05) is 0 Å². The van der Waals surface area contributed by atoms with Gasteiger partial charge in [0.15, 0.2) is 0 Å². The normalized spacial score (nSPS) is 7.67. The maximum absolute atomic E-state index is 2.63. The molecule has 0 aromatic rings. The molecule has 0 aromatic carbocycles. The number of halogens is 1. The molecule has 6 heavy (non-hydrogen) atoms. The van der Waals surface area contributed by atoms with Crippen molar-refractivity contribution >= 4 is 17.7 Å². The molecule has 0 nitrogen and oxygen atoms in total. The average Bonchev–Trinajstić information content (AvgIpc) is 1.61. The third-order valence-electron chi connectivity index (χ3n) is 0.737. The molecule has 0 saturated carbocycles. The molecule has 0 fully saturated rings. The van der Waals surface area contributed by atoms with Crippen molar-refractivity contribution in [1.82, 2.24) is 0 Å². The van der Waals surface area contributed by atoms with Crippen molar-refractivity contribution in [3.8, 4) is 0 Å². The van der Waals surface area contributed by atoms with E-state index >= 15 is 0 Å². The van der Waals surface area contributed by atoms with Crippen LogP contribution in [0.3, 0.4) is 0 Å². The molecular weight excluding hydrogens is 376 g/mol. The summed E-state index contributed by atoms with van der Waals surface area (Å²) in [5.41, 5.74) is 0. The summed E-state index contributed by atoms with van der Waals surface area (Å²) in [6.45, 7) is 2.26. The van der Waals surface area contributed by atoms with Crippen molar-refractivity contribution in [3.63, 3.8) is 0 Å². The third kappa shape index (κ3) is 5.67. The van der Waals surface area contributed by atoms with E-state index in [-0.39, 0.29) is 20.2 Å². The summed E-state index contributed by atoms with van der Waals surface area (Å²) in [6, 6.07) is 0. The van der Waals surface area contributed by atoms with Crippen molar-refractivity contribution in [3.05, 3.63) is 0 Å². The van der Waals surface area contributed by atoms with Crippen molar-refractivity contribution in [1.29, 1.82) is 0 Å². The fourth-order valence-corrected chi connectivity index (χ4v) is 7.76. The summed E-state index contributed by atoms with van der Waals surface area (Å²) >= 11 is 2.43. The van der Waals surface area contributed by atoms with E-state index in [1.165, 1.54) is 12.8 Å². The van der Waals surface area contributed by atoms with Gasteiger partial charge in [0.05, 0.1) is 0 Å². The Bertz CT molecular complexity index is 19.5. The van der Waals surface area contributed by atoms with Crippen LogP contribution in [0, 0.1) is 0 Å². The summed E-state index contributed by atoms with van der Waals surface area (Å²) in [5.74, 6) is 0. The minimum atomic E-state index is -0.198. The first-order valence-corrected chi connectivity index (χ1v) is 21.8. The van der Waals surface area contributed by atoms with Gasteiger partial charge >= 0.3 is 61.6 Å². The molecule has 0 saturated heterocycles. The predicted octanol–water partition coefficient (Wildman–Crippen LogP) is 2.64. The SMILES string of the molecule is CCC[CH2][Hg][I]. The van der Waals surface area contributed by atoms with Gasteiger partial charge in [-0.3, -0.25) is 0 Å². The van der Waals surface area contributed by atoms with E-state index < -0.39 is 0 Å². The topological polar surface area (TPSA) is 0 Å². The summed E-state index contributed by atoms with van der Waals surface area (Å²) in [4.78, 5) is 0. The Morgan fingerprint density at radius 2 is 2.33 bits per heavy atom. The van der Waals surface area contributed by atoms with Crippen LogP contribution in [0.25, 0.3) is 0 Å². The Morgan fingerprint density at radius 1 is 1.67 bits per heavy atom. The van der Waals surface area contributed by atoms with Gasteiger partial charge in [-0.25, -0.2) is 0 Å². The van der Waals surface area contributed by atoms with Crippen LogP contribution in [-0.4, -0.2) is 0 Å². The zero-order valence-electron chi connectivity index (χ0n) is 4.21. The van der Waals surface area contributed by atoms with E-state index in [0.29, 0.717) is 0 Å². The van der Waals surface area contributed by atoms with E-state index in [1.54, 1.807) is 3.93 Å². The van der Waals surface area contributed by atoms with Gasteiger partial charge in [0.25, 0.3) is 0 Å². The molecule has 0 bridgehead atoms. The first-order valence-electron chi connectivity index (χ1n) is 2.47. The zero-order valence-corrected chi connectivity index (χ0v) is 11.9. The van der Waals surface area contributed by atoms with Gasteiger partial charge < -0.3 is 0 Å². The number of hydrogen-bond donors (Lipinski definition) is 0. The maximum atomic E-state index is 2.63. The molecule has 0 aliphatic heterocycles. The molecular formula is C4H9HgI. The summed E-state index contributed by atoms with van der Waals surface area (Å²) in [5, 5.41) is 0. The fraction of sp³-hybridized carbons (Fsp3) is 1.00. The molecule has 0 aliphatic rings. The molecule has 0 heterocycles. The Morgan fingerprint density at radius 3 is 2.50 bits per heavy atom. The zero-order chi connectivity index (χ0) is 4.83. The molecule has 0 rings (SSSR count). The first kappa shape index (κ1) is 7.67.